The van der Waals surface area contributed by atoms with Gasteiger partial charge in [0.1, 0.15) is 41.2 Å². The maximum Gasteiger partial charge on any atom is 0.243 e. The molecule has 3 aliphatic rings. The maximum atomic E-state index is 13.6. The van der Waals surface area contributed by atoms with Crippen LogP contribution in [0.5, 0.6) is 0 Å². The molecule has 3 fully saturated rings. The van der Waals surface area contributed by atoms with Crippen molar-refractivity contribution in [3.8, 4) is 32.2 Å². The minimum Gasteiger partial charge on any atom is -0.443 e. The Kier molecular flexibility index (Phi) is 24.8. The van der Waals surface area contributed by atoms with E-state index in [4.69, 9.17) is 18.0 Å². The molecule has 9 heterocycles. The van der Waals surface area contributed by atoms with E-state index in [9.17, 15) is 44.1 Å². The first-order valence-corrected chi connectivity index (χ1v) is 36.4. The maximum absolute atomic E-state index is 13.6. The highest BCUT2D eigenvalue weighted by atomic mass is 32.1. The first-order valence-electron chi connectivity index (χ1n) is 34.6. The zero-order chi connectivity index (χ0) is 73.2. The second kappa shape index (κ2) is 33.6. The highest BCUT2D eigenvalue weighted by molar-refractivity contribution is 7.13. The molecule has 0 spiro atoms. The number of oxazole rings is 1. The number of aryl methyl sites for hydroxylation is 5. The Hall–Kier alpha value is -9.34. The summed E-state index contributed by atoms with van der Waals surface area (Å²) in [5, 5.41) is 48.5. The predicted molar refractivity (Wildman–Crippen MR) is 383 cm³/mol. The van der Waals surface area contributed by atoms with E-state index < -0.39 is 54.2 Å². The number of aromatic nitrogens is 6. The van der Waals surface area contributed by atoms with Crippen molar-refractivity contribution in [2.45, 2.75) is 188 Å². The summed E-state index contributed by atoms with van der Waals surface area (Å²) in [6.45, 7) is 23.5. The van der Waals surface area contributed by atoms with Gasteiger partial charge in [-0.05, 0) is 93.5 Å². The van der Waals surface area contributed by atoms with E-state index in [1.807, 2.05) is 129 Å². The molecule has 0 aliphatic carbocycles. The standard InChI is InChI=1S/C27H33N3O4S.C25H30N4O4S.C24H28N4O5/c1-15(2)25(24-11-17(4)29-34-24)27(33)30-13-21(31)12-22(30)23(32)10-16(3)19-6-8-20(9-7-19)26-18(5)28-14-35-26;1-14(2)23(21-9-15(3)28-33-21)25(32)29-12-19(30)10-20(29)24(31)27-16(4)17-5-7-18(8-6-17)22-11-26-13-34-22;1-4-19(21-9-14(2)27-33-21)24(31)28-12-18(29)10-20(28)23(30)25-11-16-5-7-17(8-6-16)22-15(3)26-13-32-22/h6-9,11,14-16,21-22,25,31H,10,12-13H2,1-5H3;5-9,11,13-14,16,19-20,23,30H,10,12H2,1-4H3,(H,27,31);5-9,13,18-20,29H,4,10-12H2,1-3H3,(H,25,30)/t16-,21-,22+,25-;16-,19+,20-,23+;18-,19-,20+/m101/s1. The Bertz CT molecular complexity index is 4290. The number of hydrogen-bond donors (Lipinski definition) is 5. The Balaban J connectivity index is 0.000000165. The number of carbonyl (C=O) groups excluding carboxylic acids is 6. The third-order valence-corrected chi connectivity index (χ3v) is 20.8. The summed E-state index contributed by atoms with van der Waals surface area (Å²) < 4.78 is 21.5. The molecule has 0 radical (unpaired) electrons. The number of carbonyl (C=O) groups is 6. The quantitative estimate of drug-likeness (QED) is 0.0421. The molecule has 12 rings (SSSR count). The third kappa shape index (κ3) is 17.9. The number of hydrogen-bond acceptors (Lipinski definition) is 21. The summed E-state index contributed by atoms with van der Waals surface area (Å²) in [5.74, 6) is -0.854. The average Bonchev–Trinajstić information content (AvgIpc) is 1.67. The van der Waals surface area contributed by atoms with Gasteiger partial charge in [0.2, 0.25) is 29.5 Å². The Morgan fingerprint density at radius 2 is 1.07 bits per heavy atom. The van der Waals surface area contributed by atoms with Crippen LogP contribution in [0.1, 0.15) is 173 Å². The molecule has 3 aliphatic heterocycles. The third-order valence-electron chi connectivity index (χ3n) is 19.0. The van der Waals surface area contributed by atoms with Gasteiger partial charge < -0.3 is 58.6 Å². The number of thiazole rings is 2. The topological polar surface area (TPSA) is 327 Å². The van der Waals surface area contributed by atoms with Crippen LogP contribution in [0.15, 0.2) is 133 Å². The fraction of sp³-hybridized carbons (Fsp3) is 0.447. The van der Waals surface area contributed by atoms with E-state index in [0.717, 1.165) is 54.5 Å². The zero-order valence-electron chi connectivity index (χ0n) is 59.6. The molecule has 540 valence electrons. The summed E-state index contributed by atoms with van der Waals surface area (Å²) in [6.07, 6.45) is 2.50. The van der Waals surface area contributed by atoms with Crippen molar-refractivity contribution >= 4 is 58.0 Å². The first kappa shape index (κ1) is 75.3. The molecule has 5 N–H and O–H groups in total. The molecule has 0 saturated carbocycles. The van der Waals surface area contributed by atoms with Crippen LogP contribution in [-0.4, -0.2) is 152 Å². The van der Waals surface area contributed by atoms with Gasteiger partial charge in [0.25, 0.3) is 0 Å². The molecule has 102 heavy (non-hydrogen) atoms. The van der Waals surface area contributed by atoms with Gasteiger partial charge in [-0.25, -0.2) is 9.97 Å². The number of aliphatic hydroxyl groups excluding tert-OH is 3. The molecule has 24 nitrogen and oxygen atoms in total. The lowest BCUT2D eigenvalue weighted by Gasteiger charge is -2.29. The molecular formula is C76H91N11O13S2. The molecule has 0 unspecified atom stereocenters. The Morgan fingerprint density at radius 1 is 0.569 bits per heavy atom. The molecule has 9 aromatic rings. The number of benzene rings is 3. The normalized spacial score (nSPS) is 19.6. The van der Waals surface area contributed by atoms with Crippen LogP contribution < -0.4 is 10.6 Å². The number of amides is 5. The molecule has 3 aromatic carbocycles. The van der Waals surface area contributed by atoms with E-state index in [0.29, 0.717) is 59.5 Å². The van der Waals surface area contributed by atoms with Crippen molar-refractivity contribution in [2.75, 3.05) is 19.6 Å². The minimum absolute atomic E-state index is 0.00776. The highest BCUT2D eigenvalue weighted by Gasteiger charge is 2.46. The molecule has 11 atom stereocenters. The van der Waals surface area contributed by atoms with Gasteiger partial charge in [0, 0.05) is 81.8 Å². The second-order valence-electron chi connectivity index (χ2n) is 27.6. The Morgan fingerprint density at radius 3 is 1.55 bits per heavy atom. The number of rotatable bonds is 22. The molecular weight excluding hydrogens is 1340 g/mol. The summed E-state index contributed by atoms with van der Waals surface area (Å²) in [5.41, 5.74) is 13.6. The van der Waals surface area contributed by atoms with Gasteiger partial charge in [0.15, 0.2) is 17.9 Å². The van der Waals surface area contributed by atoms with Gasteiger partial charge in [-0.15, -0.1) is 22.7 Å². The van der Waals surface area contributed by atoms with E-state index in [1.165, 1.54) is 16.2 Å². The van der Waals surface area contributed by atoms with E-state index in [2.05, 4.69) is 65.3 Å². The minimum atomic E-state index is -0.752. The van der Waals surface area contributed by atoms with Crippen molar-refractivity contribution < 1.29 is 62.1 Å². The number of nitrogens with one attached hydrogen (secondary N) is 2. The molecule has 6 aromatic heterocycles. The van der Waals surface area contributed by atoms with Crippen LogP contribution in [0.2, 0.25) is 0 Å². The number of ketones is 1. The molecule has 5 amide bonds. The number of likely N-dealkylation sites (tertiary alicyclic amines) is 3. The second-order valence-corrected chi connectivity index (χ2v) is 29.3. The molecule has 3 saturated heterocycles. The molecule has 0 bridgehead atoms. The first-order chi connectivity index (χ1) is 48.8. The average molecular weight is 1430 g/mol. The van der Waals surface area contributed by atoms with Crippen LogP contribution in [0, 0.1) is 46.5 Å². The number of β-amino-alcohol motifs (C(OH)–C–C–N with tert-alkyl or cyclic N) is 3. The lowest BCUT2D eigenvalue weighted by atomic mass is 9.89. The highest BCUT2D eigenvalue weighted by Crippen LogP contribution is 2.37. The van der Waals surface area contributed by atoms with Gasteiger partial charge in [-0.1, -0.05) is 130 Å². The van der Waals surface area contributed by atoms with E-state index >= 15 is 0 Å². The fourth-order valence-corrected chi connectivity index (χ4v) is 15.0. The van der Waals surface area contributed by atoms with Crippen LogP contribution in [-0.2, 0) is 35.3 Å². The van der Waals surface area contributed by atoms with E-state index in [1.54, 1.807) is 65.1 Å². The zero-order valence-corrected chi connectivity index (χ0v) is 61.2. The van der Waals surface area contributed by atoms with Gasteiger partial charge in [-0.2, -0.15) is 0 Å². The SMILES string of the molecule is CC[C@@H](C(=O)N1C[C@H](O)C[C@H]1C(=O)NCc1ccc(-c2ocnc2C)cc1)c1cc(C)no1.Cc1cc([C@H](C(=O)N2C[C@H](O)C[C@H]2C(=O)C[C@@H](C)c2ccc(-c3scnc3C)cc2)C(C)C)on1.Cc1cc([C@H](C(=O)N2C[C@H](O)C[C@H]2C(=O)N[C@@H](C)c2ccc(-c3cncs3)cc2)C(C)C)on1. The number of nitrogens with zero attached hydrogens (tertiary/aromatic N) is 9. The van der Waals surface area contributed by atoms with Crippen molar-refractivity contribution in [1.29, 1.82) is 0 Å². The fourth-order valence-electron chi connectivity index (χ4n) is 13.6. The van der Waals surface area contributed by atoms with Crippen molar-refractivity contribution in [3.63, 3.8) is 0 Å². The molecule has 26 heteroatoms. The van der Waals surface area contributed by atoms with Crippen LogP contribution in [0.4, 0.5) is 0 Å². The van der Waals surface area contributed by atoms with E-state index in [-0.39, 0.29) is 98.0 Å². The Labute approximate surface area is 601 Å². The van der Waals surface area contributed by atoms with Crippen LogP contribution in [0.3, 0.4) is 0 Å². The van der Waals surface area contributed by atoms with Crippen molar-refractivity contribution in [1.82, 2.24) is 55.8 Å². The van der Waals surface area contributed by atoms with Crippen LogP contribution in [0.25, 0.3) is 32.2 Å². The van der Waals surface area contributed by atoms with Crippen molar-refractivity contribution in [2.24, 2.45) is 11.8 Å². The largest absolute Gasteiger partial charge is 0.443 e. The van der Waals surface area contributed by atoms with Crippen molar-refractivity contribution in [3.05, 3.63) is 177 Å². The summed E-state index contributed by atoms with van der Waals surface area (Å²) in [6, 6.07) is 26.7. The van der Waals surface area contributed by atoms with Crippen LogP contribution >= 0.6 is 22.7 Å². The monoisotopic (exact) mass is 1430 g/mol. The lowest BCUT2D eigenvalue weighted by molar-refractivity contribution is -0.141. The van der Waals surface area contributed by atoms with Gasteiger partial charge in [0.05, 0.1) is 85.6 Å². The van der Waals surface area contributed by atoms with Gasteiger partial charge in [-0.3, -0.25) is 33.8 Å². The number of Topliss-reactive ketones (excluding diaryl/α,β-unsaturated/α-hetero) is 1. The summed E-state index contributed by atoms with van der Waals surface area (Å²) in [4.78, 5) is 99.1. The number of aliphatic hydroxyl groups is 3. The smallest absolute Gasteiger partial charge is 0.243 e. The summed E-state index contributed by atoms with van der Waals surface area (Å²) >= 11 is 3.19. The lowest BCUT2D eigenvalue weighted by Crippen LogP contribution is -2.48. The van der Waals surface area contributed by atoms with Gasteiger partial charge >= 0.3 is 0 Å². The summed E-state index contributed by atoms with van der Waals surface area (Å²) in [7, 11) is 0. The predicted octanol–water partition coefficient (Wildman–Crippen LogP) is 11.3.